The average Bonchev–Trinajstić information content (AvgIpc) is 2.57. The molecule has 1 radical (unpaired) electrons. The SMILES string of the molecule is CCOc1ccc([C@H]2CC[C@H](C3CC[CH]CC3)CC2)cc1. The molecule has 3 rings (SSSR count). The normalized spacial score (nSPS) is 27.5. The minimum atomic E-state index is 0.753. The summed E-state index contributed by atoms with van der Waals surface area (Å²) in [6.07, 6.45) is 13.8. The molecule has 0 aliphatic heterocycles. The standard InChI is InChI=1S/C20H29O/c1-2-21-20-14-12-19(13-15-20)18-10-8-17(9-11-18)16-6-4-3-5-7-16/h3,12-18H,2,4-11H2,1H3/t17-,18-. The summed E-state index contributed by atoms with van der Waals surface area (Å²) in [5, 5.41) is 0. The predicted octanol–water partition coefficient (Wildman–Crippen LogP) is 5.75. The van der Waals surface area contributed by atoms with E-state index in [4.69, 9.17) is 4.74 Å². The van der Waals surface area contributed by atoms with Crippen LogP contribution < -0.4 is 4.74 Å². The molecule has 0 aromatic heterocycles. The van der Waals surface area contributed by atoms with Gasteiger partial charge in [0, 0.05) is 0 Å². The number of ether oxygens (including phenoxy) is 1. The first-order valence-corrected chi connectivity index (χ1v) is 8.91. The first kappa shape index (κ1) is 14.9. The number of hydrogen-bond donors (Lipinski definition) is 0. The molecule has 0 amide bonds. The van der Waals surface area contributed by atoms with Crippen molar-refractivity contribution in [1.29, 1.82) is 0 Å². The predicted molar refractivity (Wildman–Crippen MR) is 88.6 cm³/mol. The van der Waals surface area contributed by atoms with Crippen LogP contribution in [-0.2, 0) is 0 Å². The Hall–Kier alpha value is -0.980. The van der Waals surface area contributed by atoms with Gasteiger partial charge < -0.3 is 4.74 Å². The van der Waals surface area contributed by atoms with Crippen LogP contribution in [0.5, 0.6) is 5.75 Å². The Morgan fingerprint density at radius 3 is 2.10 bits per heavy atom. The van der Waals surface area contributed by atoms with Crippen LogP contribution in [0.15, 0.2) is 24.3 Å². The summed E-state index contributed by atoms with van der Waals surface area (Å²) in [6, 6.07) is 8.85. The molecular formula is C20H29O. The van der Waals surface area contributed by atoms with Crippen LogP contribution >= 0.6 is 0 Å². The fraction of sp³-hybridized carbons (Fsp3) is 0.650. The van der Waals surface area contributed by atoms with Crippen molar-refractivity contribution in [1.82, 2.24) is 0 Å². The molecule has 0 unspecified atom stereocenters. The Labute approximate surface area is 130 Å². The summed E-state index contributed by atoms with van der Waals surface area (Å²) in [4.78, 5) is 0. The van der Waals surface area contributed by atoms with Crippen LogP contribution in [0.4, 0.5) is 0 Å². The monoisotopic (exact) mass is 285 g/mol. The fourth-order valence-electron chi connectivity index (χ4n) is 4.35. The average molecular weight is 285 g/mol. The summed E-state index contributed by atoms with van der Waals surface area (Å²) in [5.74, 6) is 3.83. The van der Waals surface area contributed by atoms with E-state index in [9.17, 15) is 0 Å². The first-order valence-electron chi connectivity index (χ1n) is 8.91. The molecule has 0 spiro atoms. The Morgan fingerprint density at radius 2 is 1.48 bits per heavy atom. The highest BCUT2D eigenvalue weighted by Gasteiger charge is 2.28. The van der Waals surface area contributed by atoms with Gasteiger partial charge in [-0.1, -0.05) is 12.1 Å². The van der Waals surface area contributed by atoms with Gasteiger partial charge in [-0.3, -0.25) is 0 Å². The number of hydrogen-bond acceptors (Lipinski definition) is 1. The van der Waals surface area contributed by atoms with Gasteiger partial charge >= 0.3 is 0 Å². The zero-order valence-corrected chi connectivity index (χ0v) is 13.4. The molecule has 115 valence electrons. The lowest BCUT2D eigenvalue weighted by Gasteiger charge is -2.36. The Kier molecular flexibility index (Phi) is 5.22. The molecule has 0 atom stereocenters. The molecule has 1 aromatic rings. The zero-order valence-electron chi connectivity index (χ0n) is 13.4. The molecule has 0 N–H and O–H groups in total. The molecule has 1 nitrogen and oxygen atoms in total. The third kappa shape index (κ3) is 3.81. The minimum absolute atomic E-state index is 0.753. The Bertz CT molecular complexity index is 408. The molecule has 0 saturated heterocycles. The summed E-state index contributed by atoms with van der Waals surface area (Å²) in [6.45, 7) is 2.79. The third-order valence-corrected chi connectivity index (χ3v) is 5.58. The van der Waals surface area contributed by atoms with Gasteiger partial charge in [0.15, 0.2) is 0 Å². The van der Waals surface area contributed by atoms with Gasteiger partial charge in [-0.25, -0.2) is 0 Å². The second-order valence-corrected chi connectivity index (χ2v) is 6.82. The van der Waals surface area contributed by atoms with E-state index in [1.807, 2.05) is 6.92 Å². The molecule has 0 bridgehead atoms. The maximum absolute atomic E-state index is 5.54. The van der Waals surface area contributed by atoms with Gasteiger partial charge in [0.1, 0.15) is 5.75 Å². The second kappa shape index (κ2) is 7.33. The van der Waals surface area contributed by atoms with Gasteiger partial charge in [0.05, 0.1) is 6.61 Å². The van der Waals surface area contributed by atoms with Crippen LogP contribution in [0.1, 0.15) is 69.8 Å². The summed E-state index contributed by atoms with van der Waals surface area (Å²) >= 11 is 0. The summed E-state index contributed by atoms with van der Waals surface area (Å²) < 4.78 is 5.54. The van der Waals surface area contributed by atoms with Gasteiger partial charge in [0.2, 0.25) is 0 Å². The van der Waals surface area contributed by atoms with Crippen molar-refractivity contribution in [3.63, 3.8) is 0 Å². The highest BCUT2D eigenvalue weighted by Crippen LogP contribution is 2.42. The topological polar surface area (TPSA) is 9.23 Å². The van der Waals surface area contributed by atoms with E-state index in [-0.39, 0.29) is 0 Å². The zero-order chi connectivity index (χ0) is 14.5. The van der Waals surface area contributed by atoms with Gasteiger partial charge in [-0.15, -0.1) is 0 Å². The van der Waals surface area contributed by atoms with Crippen LogP contribution in [0.2, 0.25) is 0 Å². The van der Waals surface area contributed by atoms with Crippen molar-refractivity contribution >= 4 is 0 Å². The van der Waals surface area contributed by atoms with E-state index in [0.29, 0.717) is 0 Å². The maximum atomic E-state index is 5.54. The van der Waals surface area contributed by atoms with Crippen LogP contribution in [0.25, 0.3) is 0 Å². The van der Waals surface area contributed by atoms with Crippen molar-refractivity contribution < 1.29 is 4.74 Å². The second-order valence-electron chi connectivity index (χ2n) is 6.82. The molecule has 2 fully saturated rings. The Balaban J connectivity index is 1.52. The molecule has 1 heteroatoms. The van der Waals surface area contributed by atoms with Crippen LogP contribution in [-0.4, -0.2) is 6.61 Å². The summed E-state index contributed by atoms with van der Waals surface area (Å²) in [7, 11) is 0. The lowest BCUT2D eigenvalue weighted by molar-refractivity contribution is 0.199. The molecule has 0 heterocycles. The quantitative estimate of drug-likeness (QED) is 0.684. The molecule has 2 aliphatic rings. The molecule has 1 aromatic carbocycles. The summed E-state index contributed by atoms with van der Waals surface area (Å²) in [5.41, 5.74) is 1.52. The van der Waals surface area contributed by atoms with Crippen molar-refractivity contribution in [2.24, 2.45) is 11.8 Å². The number of benzene rings is 1. The lowest BCUT2D eigenvalue weighted by Crippen LogP contribution is -2.23. The van der Waals surface area contributed by atoms with Crippen molar-refractivity contribution in [3.8, 4) is 5.75 Å². The molecule has 21 heavy (non-hydrogen) atoms. The van der Waals surface area contributed by atoms with Gasteiger partial charge in [-0.2, -0.15) is 0 Å². The first-order chi connectivity index (χ1) is 10.4. The molecule has 2 saturated carbocycles. The van der Waals surface area contributed by atoms with E-state index >= 15 is 0 Å². The third-order valence-electron chi connectivity index (χ3n) is 5.58. The highest BCUT2D eigenvalue weighted by molar-refractivity contribution is 5.29. The smallest absolute Gasteiger partial charge is 0.119 e. The minimum Gasteiger partial charge on any atom is -0.494 e. The van der Waals surface area contributed by atoms with E-state index < -0.39 is 0 Å². The van der Waals surface area contributed by atoms with Gasteiger partial charge in [-0.05, 0) is 100 Å². The maximum Gasteiger partial charge on any atom is 0.119 e. The fourth-order valence-corrected chi connectivity index (χ4v) is 4.35. The largest absolute Gasteiger partial charge is 0.494 e. The van der Waals surface area contributed by atoms with Crippen molar-refractivity contribution in [3.05, 3.63) is 36.2 Å². The van der Waals surface area contributed by atoms with Crippen LogP contribution in [0.3, 0.4) is 0 Å². The van der Waals surface area contributed by atoms with Crippen molar-refractivity contribution in [2.45, 2.75) is 64.2 Å². The lowest BCUT2D eigenvalue weighted by atomic mass is 9.70. The molecular weight excluding hydrogens is 256 g/mol. The van der Waals surface area contributed by atoms with Crippen LogP contribution in [0, 0.1) is 18.3 Å². The van der Waals surface area contributed by atoms with E-state index in [0.717, 1.165) is 30.1 Å². The van der Waals surface area contributed by atoms with E-state index in [1.165, 1.54) is 56.9 Å². The number of rotatable bonds is 4. The van der Waals surface area contributed by atoms with Crippen molar-refractivity contribution in [2.75, 3.05) is 6.61 Å². The van der Waals surface area contributed by atoms with Gasteiger partial charge in [0.25, 0.3) is 0 Å². The molecule has 2 aliphatic carbocycles. The Morgan fingerprint density at radius 1 is 0.857 bits per heavy atom. The van der Waals surface area contributed by atoms with E-state index in [1.54, 1.807) is 0 Å². The van der Waals surface area contributed by atoms with E-state index in [2.05, 4.69) is 30.7 Å². The highest BCUT2D eigenvalue weighted by atomic mass is 16.5.